The summed E-state index contributed by atoms with van der Waals surface area (Å²) in [5.41, 5.74) is 0.469. The van der Waals surface area contributed by atoms with Crippen LogP contribution in [0, 0.1) is 0 Å². The van der Waals surface area contributed by atoms with E-state index in [-0.39, 0.29) is 6.04 Å². The topological polar surface area (TPSA) is 50.3 Å². The second kappa shape index (κ2) is 8.77. The van der Waals surface area contributed by atoms with E-state index in [2.05, 4.69) is 27.1 Å². The van der Waals surface area contributed by atoms with E-state index in [1.807, 2.05) is 6.07 Å². The summed E-state index contributed by atoms with van der Waals surface area (Å²) in [6.45, 7) is 3.55. The van der Waals surface area contributed by atoms with Crippen molar-refractivity contribution in [1.82, 2.24) is 9.97 Å². The van der Waals surface area contributed by atoms with Crippen LogP contribution in [0.2, 0.25) is 0 Å². The van der Waals surface area contributed by atoms with E-state index >= 15 is 0 Å². The Balaban J connectivity index is 1.89. The molecule has 0 spiro atoms. The van der Waals surface area contributed by atoms with Crippen molar-refractivity contribution in [3.8, 4) is 0 Å². The fourth-order valence-electron chi connectivity index (χ4n) is 3.48. The maximum atomic E-state index is 13.0. The quantitative estimate of drug-likeness (QED) is 0.731. The van der Waals surface area contributed by atoms with Gasteiger partial charge in [0.2, 0.25) is 5.95 Å². The summed E-state index contributed by atoms with van der Waals surface area (Å²) < 4.78 is 44.3. The lowest BCUT2D eigenvalue weighted by Gasteiger charge is -2.26. The molecule has 0 saturated carbocycles. The van der Waals surface area contributed by atoms with Crippen LogP contribution in [-0.2, 0) is 17.3 Å². The summed E-state index contributed by atoms with van der Waals surface area (Å²) in [6, 6.07) is 7.28. The third kappa shape index (κ3) is 4.92. The molecule has 152 valence electrons. The van der Waals surface area contributed by atoms with E-state index in [4.69, 9.17) is 4.74 Å². The Bertz CT molecular complexity index is 797. The number of anilines is 3. The third-order valence-corrected chi connectivity index (χ3v) is 4.75. The van der Waals surface area contributed by atoms with Crippen LogP contribution in [0.3, 0.4) is 0 Å². The van der Waals surface area contributed by atoms with Crippen molar-refractivity contribution in [2.75, 3.05) is 30.5 Å². The smallest absolute Gasteiger partial charge is 0.383 e. The van der Waals surface area contributed by atoms with Gasteiger partial charge in [-0.2, -0.15) is 18.2 Å². The van der Waals surface area contributed by atoms with Gasteiger partial charge in [0.15, 0.2) is 0 Å². The summed E-state index contributed by atoms with van der Waals surface area (Å²) in [5.74, 6) is 1.09. The van der Waals surface area contributed by atoms with Gasteiger partial charge in [0, 0.05) is 31.1 Å². The van der Waals surface area contributed by atoms with Gasteiger partial charge in [-0.3, -0.25) is 0 Å². The van der Waals surface area contributed by atoms with Gasteiger partial charge in [-0.05, 0) is 37.5 Å². The number of aryl methyl sites for hydroxylation is 1. The molecule has 1 atom stereocenters. The standard InChI is InChI=1S/C20H25F3N4O/c1-3-6-15-12-18(27-10-5-9-17(27)13-28-2)26-19(24-15)25-16-8-4-7-14(11-16)20(21,22)23/h4,7-8,11-12,17H,3,5-6,9-10,13H2,1-2H3,(H,24,25,26). The number of aromatic nitrogens is 2. The summed E-state index contributed by atoms with van der Waals surface area (Å²) in [5, 5.41) is 2.95. The lowest BCUT2D eigenvalue weighted by atomic mass is 10.2. The number of rotatable bonds is 7. The molecule has 0 amide bonds. The molecule has 1 aromatic carbocycles. The zero-order chi connectivity index (χ0) is 20.1. The maximum absolute atomic E-state index is 13.0. The molecule has 1 aliphatic heterocycles. The molecule has 2 heterocycles. The first kappa shape index (κ1) is 20.4. The van der Waals surface area contributed by atoms with Crippen molar-refractivity contribution < 1.29 is 17.9 Å². The Hall–Kier alpha value is -2.35. The highest BCUT2D eigenvalue weighted by atomic mass is 19.4. The van der Waals surface area contributed by atoms with E-state index < -0.39 is 11.7 Å². The van der Waals surface area contributed by atoms with Crippen molar-refractivity contribution in [2.45, 2.75) is 44.8 Å². The van der Waals surface area contributed by atoms with Crippen LogP contribution in [-0.4, -0.2) is 36.3 Å². The van der Waals surface area contributed by atoms with E-state index in [1.165, 1.54) is 6.07 Å². The predicted octanol–water partition coefficient (Wildman–Crippen LogP) is 4.81. The zero-order valence-electron chi connectivity index (χ0n) is 16.1. The third-order valence-electron chi connectivity index (χ3n) is 4.75. The first-order valence-electron chi connectivity index (χ1n) is 9.48. The van der Waals surface area contributed by atoms with Gasteiger partial charge >= 0.3 is 6.18 Å². The van der Waals surface area contributed by atoms with Gasteiger partial charge < -0.3 is 15.0 Å². The van der Waals surface area contributed by atoms with Crippen LogP contribution in [0.1, 0.15) is 37.4 Å². The number of ether oxygens (including phenoxy) is 1. The molecule has 1 N–H and O–H groups in total. The number of nitrogens with zero attached hydrogens (tertiary/aromatic N) is 3. The fourth-order valence-corrected chi connectivity index (χ4v) is 3.48. The van der Waals surface area contributed by atoms with Crippen LogP contribution in [0.4, 0.5) is 30.6 Å². The van der Waals surface area contributed by atoms with Crippen LogP contribution >= 0.6 is 0 Å². The molecule has 5 nitrogen and oxygen atoms in total. The highest BCUT2D eigenvalue weighted by molar-refractivity contribution is 5.57. The molecule has 0 radical (unpaired) electrons. The van der Waals surface area contributed by atoms with Crippen LogP contribution in [0.25, 0.3) is 0 Å². The molecular formula is C20H25F3N4O. The van der Waals surface area contributed by atoms with E-state index in [0.29, 0.717) is 18.2 Å². The molecule has 1 fully saturated rings. The number of alkyl halides is 3. The second-order valence-electron chi connectivity index (χ2n) is 6.94. The minimum atomic E-state index is -4.39. The van der Waals surface area contributed by atoms with E-state index in [0.717, 1.165) is 55.9 Å². The fraction of sp³-hybridized carbons (Fsp3) is 0.500. The van der Waals surface area contributed by atoms with Gasteiger partial charge in [-0.25, -0.2) is 4.98 Å². The summed E-state index contributed by atoms with van der Waals surface area (Å²) in [7, 11) is 1.68. The van der Waals surface area contributed by atoms with Crippen molar-refractivity contribution in [3.63, 3.8) is 0 Å². The number of benzene rings is 1. The highest BCUT2D eigenvalue weighted by Crippen LogP contribution is 2.32. The van der Waals surface area contributed by atoms with Gasteiger partial charge in [-0.1, -0.05) is 19.4 Å². The summed E-state index contributed by atoms with van der Waals surface area (Å²) in [4.78, 5) is 11.3. The molecular weight excluding hydrogens is 369 g/mol. The van der Waals surface area contributed by atoms with Crippen molar-refractivity contribution in [2.24, 2.45) is 0 Å². The first-order valence-corrected chi connectivity index (χ1v) is 9.48. The molecule has 0 bridgehead atoms. The monoisotopic (exact) mass is 394 g/mol. The minimum Gasteiger partial charge on any atom is -0.383 e. The van der Waals surface area contributed by atoms with Crippen molar-refractivity contribution >= 4 is 17.5 Å². The Morgan fingerprint density at radius 2 is 2.07 bits per heavy atom. The largest absolute Gasteiger partial charge is 0.416 e. The number of hydrogen-bond donors (Lipinski definition) is 1. The zero-order valence-corrected chi connectivity index (χ0v) is 16.1. The van der Waals surface area contributed by atoms with Crippen molar-refractivity contribution in [3.05, 3.63) is 41.6 Å². The van der Waals surface area contributed by atoms with Gasteiger partial charge in [0.05, 0.1) is 18.2 Å². The van der Waals surface area contributed by atoms with Crippen LogP contribution in [0.5, 0.6) is 0 Å². The normalized spacial score (nSPS) is 17.2. The molecule has 1 aliphatic rings. The number of hydrogen-bond acceptors (Lipinski definition) is 5. The van der Waals surface area contributed by atoms with E-state index in [9.17, 15) is 13.2 Å². The lowest BCUT2D eigenvalue weighted by molar-refractivity contribution is -0.137. The van der Waals surface area contributed by atoms with Gasteiger partial charge in [0.25, 0.3) is 0 Å². The molecule has 28 heavy (non-hydrogen) atoms. The van der Waals surface area contributed by atoms with Gasteiger partial charge in [0.1, 0.15) is 5.82 Å². The van der Waals surface area contributed by atoms with Crippen molar-refractivity contribution in [1.29, 1.82) is 0 Å². The molecule has 1 unspecified atom stereocenters. The molecule has 8 heteroatoms. The van der Waals surface area contributed by atoms with Gasteiger partial charge in [-0.15, -0.1) is 0 Å². The Labute approximate surface area is 162 Å². The van der Waals surface area contributed by atoms with Crippen LogP contribution < -0.4 is 10.2 Å². The molecule has 1 aromatic heterocycles. The number of methoxy groups -OCH3 is 1. The Morgan fingerprint density at radius 1 is 1.25 bits per heavy atom. The summed E-state index contributed by atoms with van der Waals surface area (Å²) >= 11 is 0. The average molecular weight is 394 g/mol. The molecule has 1 saturated heterocycles. The number of nitrogens with one attached hydrogen (secondary N) is 1. The first-order chi connectivity index (χ1) is 13.4. The maximum Gasteiger partial charge on any atom is 0.416 e. The molecule has 2 aromatic rings. The molecule has 0 aliphatic carbocycles. The predicted molar refractivity (Wildman–Crippen MR) is 103 cm³/mol. The van der Waals surface area contributed by atoms with E-state index in [1.54, 1.807) is 13.2 Å². The summed E-state index contributed by atoms with van der Waals surface area (Å²) in [6.07, 6.45) is -0.623. The molecule has 3 rings (SSSR count). The number of halogens is 3. The minimum absolute atomic E-state index is 0.246. The SMILES string of the molecule is CCCc1cc(N2CCCC2COC)nc(Nc2cccc(C(F)(F)F)c2)n1. The second-order valence-corrected chi connectivity index (χ2v) is 6.94. The Kier molecular flexibility index (Phi) is 6.39. The average Bonchev–Trinajstić information content (AvgIpc) is 3.10. The lowest BCUT2D eigenvalue weighted by Crippen LogP contribution is -2.33. The van der Waals surface area contributed by atoms with Crippen LogP contribution in [0.15, 0.2) is 30.3 Å². The Morgan fingerprint density at radius 3 is 2.79 bits per heavy atom. The highest BCUT2D eigenvalue weighted by Gasteiger charge is 2.30.